The van der Waals surface area contributed by atoms with Crippen molar-refractivity contribution in [3.8, 4) is 22.6 Å². The third kappa shape index (κ3) is 5.40. The van der Waals surface area contributed by atoms with Crippen molar-refractivity contribution in [2.75, 3.05) is 6.61 Å². The van der Waals surface area contributed by atoms with Gasteiger partial charge in [0.15, 0.2) is 35.7 Å². The highest BCUT2D eigenvalue weighted by atomic mass is 19.3. The fraction of sp³-hybridized carbons (Fsp3) is 0.185. The maximum atomic E-state index is 14.6. The van der Waals surface area contributed by atoms with Crippen LogP contribution in [0.3, 0.4) is 0 Å². The van der Waals surface area contributed by atoms with Gasteiger partial charge in [0.05, 0.1) is 0 Å². The molecule has 0 N–H and O–H groups in total. The molecule has 36 heavy (non-hydrogen) atoms. The smallest absolute Gasteiger partial charge is 0.433 e. The minimum atomic E-state index is -3.99. The molecule has 0 aromatic heterocycles. The number of rotatable bonds is 8. The van der Waals surface area contributed by atoms with Crippen LogP contribution in [0.25, 0.3) is 21.9 Å². The van der Waals surface area contributed by atoms with Gasteiger partial charge in [-0.05, 0) is 46.5 Å². The van der Waals surface area contributed by atoms with Gasteiger partial charge in [0.2, 0.25) is 0 Å². The number of alkyl halides is 2. The molecule has 0 aliphatic rings. The first-order valence-corrected chi connectivity index (χ1v) is 10.9. The third-order valence-electron chi connectivity index (χ3n) is 5.44. The zero-order valence-corrected chi connectivity index (χ0v) is 18.9. The molecule has 0 saturated heterocycles. The number of halogens is 7. The number of hydrogen-bond donors (Lipinski definition) is 0. The quantitative estimate of drug-likeness (QED) is 0.176. The summed E-state index contributed by atoms with van der Waals surface area (Å²) in [6.07, 6.45) is -2.89. The average Bonchev–Trinajstić information content (AvgIpc) is 2.84. The summed E-state index contributed by atoms with van der Waals surface area (Å²) in [6.45, 7) is 0.570. The summed E-state index contributed by atoms with van der Waals surface area (Å²) < 4.78 is 106. The van der Waals surface area contributed by atoms with Crippen LogP contribution in [0.15, 0.2) is 60.7 Å². The molecule has 0 spiro atoms. The van der Waals surface area contributed by atoms with Gasteiger partial charge in [0.1, 0.15) is 11.5 Å². The van der Waals surface area contributed by atoms with Gasteiger partial charge in [0, 0.05) is 17.7 Å². The first-order valence-electron chi connectivity index (χ1n) is 10.9. The van der Waals surface area contributed by atoms with E-state index in [-0.39, 0.29) is 11.3 Å². The minimum absolute atomic E-state index is 0.0381. The molecule has 4 rings (SSSR count). The molecule has 0 aliphatic carbocycles. The van der Waals surface area contributed by atoms with Crippen molar-refractivity contribution >= 4 is 10.8 Å². The third-order valence-corrected chi connectivity index (χ3v) is 5.44. The van der Waals surface area contributed by atoms with Gasteiger partial charge in [-0.1, -0.05) is 43.7 Å². The number of hydrogen-bond acceptors (Lipinski definition) is 2. The van der Waals surface area contributed by atoms with E-state index in [0.29, 0.717) is 46.9 Å². The van der Waals surface area contributed by atoms with Crippen molar-refractivity contribution in [1.82, 2.24) is 0 Å². The fourth-order valence-electron chi connectivity index (χ4n) is 3.72. The van der Waals surface area contributed by atoms with Crippen LogP contribution in [-0.4, -0.2) is 12.7 Å². The summed E-state index contributed by atoms with van der Waals surface area (Å²) in [5, 5.41) is 1.20. The van der Waals surface area contributed by atoms with E-state index in [9.17, 15) is 30.7 Å². The van der Waals surface area contributed by atoms with Crippen LogP contribution in [0.4, 0.5) is 30.7 Å². The number of benzene rings is 4. The predicted octanol–water partition coefficient (Wildman–Crippen LogP) is 8.21. The summed E-state index contributed by atoms with van der Waals surface area (Å²) in [6, 6.07) is 12.9. The molecule has 0 saturated carbocycles. The van der Waals surface area contributed by atoms with E-state index in [1.165, 1.54) is 18.2 Å². The van der Waals surface area contributed by atoms with Crippen molar-refractivity contribution < 1.29 is 40.2 Å². The molecule has 0 amide bonds. The van der Waals surface area contributed by atoms with Crippen LogP contribution < -0.4 is 9.47 Å². The normalized spacial score (nSPS) is 11.7. The summed E-state index contributed by atoms with van der Waals surface area (Å²) in [5.74, 6) is -7.84. The van der Waals surface area contributed by atoms with Gasteiger partial charge in [0.25, 0.3) is 0 Å². The summed E-state index contributed by atoms with van der Waals surface area (Å²) >= 11 is 0. The highest BCUT2D eigenvalue weighted by Gasteiger charge is 2.34. The van der Waals surface area contributed by atoms with Crippen molar-refractivity contribution in [2.45, 2.75) is 25.9 Å². The maximum Gasteiger partial charge on any atom is 0.433 e. The van der Waals surface area contributed by atoms with Crippen LogP contribution in [-0.2, 0) is 6.42 Å². The molecule has 9 heteroatoms. The molecule has 0 aliphatic heterocycles. The summed E-state index contributed by atoms with van der Waals surface area (Å²) in [4.78, 5) is 0. The SMILES string of the molecule is CCCc1ccc(-c2ccc3cc(OCC(F)(F)Oc4cc(F)c(F)c(F)c4)ccc3c2)c(F)c1F. The highest BCUT2D eigenvalue weighted by Crippen LogP contribution is 2.32. The Balaban J connectivity index is 1.49. The first-order chi connectivity index (χ1) is 17.1. The van der Waals surface area contributed by atoms with Gasteiger partial charge < -0.3 is 9.47 Å². The second-order valence-corrected chi connectivity index (χ2v) is 8.10. The van der Waals surface area contributed by atoms with Gasteiger partial charge in [-0.25, -0.2) is 22.0 Å². The molecule has 4 aromatic carbocycles. The molecule has 4 aromatic rings. The molecule has 2 nitrogen and oxygen atoms in total. The minimum Gasteiger partial charge on any atom is -0.483 e. The Bertz CT molecular complexity index is 1400. The van der Waals surface area contributed by atoms with Gasteiger partial charge in [-0.3, -0.25) is 0 Å². The first kappa shape index (κ1) is 25.3. The van der Waals surface area contributed by atoms with E-state index >= 15 is 0 Å². The topological polar surface area (TPSA) is 18.5 Å². The zero-order chi connectivity index (χ0) is 26.0. The molecule has 0 unspecified atom stereocenters. The molecule has 0 heterocycles. The summed E-state index contributed by atoms with van der Waals surface area (Å²) in [7, 11) is 0. The Morgan fingerprint density at radius 3 is 2.06 bits per heavy atom. The lowest BCUT2D eigenvalue weighted by molar-refractivity contribution is -0.195. The largest absolute Gasteiger partial charge is 0.483 e. The number of fused-ring (bicyclic) bond motifs is 1. The van der Waals surface area contributed by atoms with E-state index in [1.807, 2.05) is 6.92 Å². The van der Waals surface area contributed by atoms with Crippen molar-refractivity contribution in [3.63, 3.8) is 0 Å². The highest BCUT2D eigenvalue weighted by molar-refractivity contribution is 5.88. The Kier molecular flexibility index (Phi) is 7.10. The van der Waals surface area contributed by atoms with E-state index in [4.69, 9.17) is 4.74 Å². The van der Waals surface area contributed by atoms with Crippen LogP contribution in [0, 0.1) is 29.1 Å². The molecule has 0 radical (unpaired) electrons. The number of aryl methyl sites for hydroxylation is 1. The van der Waals surface area contributed by atoms with Gasteiger partial charge in [-0.15, -0.1) is 0 Å². The average molecular weight is 508 g/mol. The second kappa shape index (κ2) is 10.1. The lowest BCUT2D eigenvalue weighted by Gasteiger charge is -2.19. The zero-order valence-electron chi connectivity index (χ0n) is 18.9. The standard InChI is InChI=1S/C27H19F7O2/c1-2-3-15-7-9-21(25(31)24(15)30)18-5-4-17-11-19(8-6-16(17)10-18)35-14-27(33,34)36-20-12-22(28)26(32)23(29)13-20/h4-13H,2-3,14H2,1H3. The van der Waals surface area contributed by atoms with Gasteiger partial charge in [-0.2, -0.15) is 8.78 Å². The molecular weight excluding hydrogens is 489 g/mol. The lowest BCUT2D eigenvalue weighted by Crippen LogP contribution is -2.32. The van der Waals surface area contributed by atoms with Crippen molar-refractivity contribution in [1.29, 1.82) is 0 Å². The molecule has 0 atom stereocenters. The second-order valence-electron chi connectivity index (χ2n) is 8.10. The number of ether oxygens (including phenoxy) is 2. The monoisotopic (exact) mass is 508 g/mol. The summed E-state index contributed by atoms with van der Waals surface area (Å²) in [5.41, 5.74) is 0.839. The Hall–Kier alpha value is -3.75. The Labute approximate surface area is 201 Å². The van der Waals surface area contributed by atoms with Crippen LogP contribution in [0.5, 0.6) is 11.5 Å². The van der Waals surface area contributed by atoms with E-state index in [1.54, 1.807) is 30.3 Å². The molecule has 0 bridgehead atoms. The van der Waals surface area contributed by atoms with Crippen LogP contribution in [0.1, 0.15) is 18.9 Å². The van der Waals surface area contributed by atoms with Crippen LogP contribution in [0.2, 0.25) is 0 Å². The van der Waals surface area contributed by atoms with E-state index in [0.717, 1.165) is 0 Å². The lowest BCUT2D eigenvalue weighted by atomic mass is 9.98. The Morgan fingerprint density at radius 1 is 0.694 bits per heavy atom. The van der Waals surface area contributed by atoms with Crippen molar-refractivity contribution in [2.24, 2.45) is 0 Å². The van der Waals surface area contributed by atoms with E-state index < -0.39 is 47.6 Å². The molecule has 188 valence electrons. The van der Waals surface area contributed by atoms with Crippen LogP contribution >= 0.6 is 0 Å². The Morgan fingerprint density at radius 2 is 1.36 bits per heavy atom. The maximum absolute atomic E-state index is 14.6. The van der Waals surface area contributed by atoms with Gasteiger partial charge >= 0.3 is 6.11 Å². The van der Waals surface area contributed by atoms with E-state index in [2.05, 4.69) is 4.74 Å². The fourth-order valence-corrected chi connectivity index (χ4v) is 3.72. The molecule has 0 fully saturated rings. The van der Waals surface area contributed by atoms with Crippen molar-refractivity contribution in [3.05, 3.63) is 95.3 Å². The predicted molar refractivity (Wildman–Crippen MR) is 121 cm³/mol. The molecular formula is C27H19F7O2.